The van der Waals surface area contributed by atoms with Gasteiger partial charge in [-0.15, -0.1) is 0 Å². The van der Waals surface area contributed by atoms with Gasteiger partial charge in [-0.2, -0.15) is 0 Å². The molecule has 2 heteroatoms. The Hall–Kier alpha value is -1.02. The molecule has 1 aromatic carbocycles. The Morgan fingerprint density at radius 3 is 2.47 bits per heavy atom. The SMILES string of the molecule is CCC1CCC(N)C(Oc2ccc(C(C)C)cc2)C1. The number of ether oxygens (including phenoxy) is 1. The molecular weight excluding hydrogens is 234 g/mol. The molecule has 1 aliphatic carbocycles. The van der Waals surface area contributed by atoms with Crippen LogP contribution in [0.1, 0.15) is 57.9 Å². The molecule has 1 aliphatic rings. The molecule has 0 saturated heterocycles. The number of benzene rings is 1. The van der Waals surface area contributed by atoms with Crippen LogP contribution < -0.4 is 10.5 Å². The summed E-state index contributed by atoms with van der Waals surface area (Å²) in [6.07, 6.45) is 4.86. The van der Waals surface area contributed by atoms with Crippen molar-refractivity contribution in [1.29, 1.82) is 0 Å². The molecule has 0 radical (unpaired) electrons. The Morgan fingerprint density at radius 2 is 1.89 bits per heavy atom. The molecule has 0 amide bonds. The van der Waals surface area contributed by atoms with E-state index in [-0.39, 0.29) is 12.1 Å². The molecule has 2 N–H and O–H groups in total. The summed E-state index contributed by atoms with van der Waals surface area (Å²) in [6, 6.07) is 8.67. The van der Waals surface area contributed by atoms with E-state index in [0.717, 1.165) is 24.5 Å². The molecule has 2 nitrogen and oxygen atoms in total. The predicted molar refractivity (Wildman–Crippen MR) is 80.6 cm³/mol. The largest absolute Gasteiger partial charge is 0.489 e. The topological polar surface area (TPSA) is 35.2 Å². The molecule has 2 rings (SSSR count). The van der Waals surface area contributed by atoms with Crippen LogP contribution in [0.3, 0.4) is 0 Å². The van der Waals surface area contributed by atoms with Crippen molar-refractivity contribution in [3.63, 3.8) is 0 Å². The molecule has 3 unspecified atom stereocenters. The van der Waals surface area contributed by atoms with Crippen molar-refractivity contribution in [2.24, 2.45) is 11.7 Å². The fourth-order valence-electron chi connectivity index (χ4n) is 2.85. The van der Waals surface area contributed by atoms with Crippen LogP contribution in [0.5, 0.6) is 5.75 Å². The minimum absolute atomic E-state index is 0.184. The Labute approximate surface area is 117 Å². The second kappa shape index (κ2) is 6.42. The van der Waals surface area contributed by atoms with Gasteiger partial charge < -0.3 is 10.5 Å². The minimum Gasteiger partial charge on any atom is -0.489 e. The van der Waals surface area contributed by atoms with Gasteiger partial charge in [-0.25, -0.2) is 0 Å². The Morgan fingerprint density at radius 1 is 1.21 bits per heavy atom. The summed E-state index contributed by atoms with van der Waals surface area (Å²) in [7, 11) is 0. The first-order valence-corrected chi connectivity index (χ1v) is 7.62. The summed E-state index contributed by atoms with van der Waals surface area (Å²) in [5.41, 5.74) is 7.55. The maximum Gasteiger partial charge on any atom is 0.119 e. The summed E-state index contributed by atoms with van der Waals surface area (Å²) in [5, 5.41) is 0. The summed E-state index contributed by atoms with van der Waals surface area (Å²) in [5.74, 6) is 2.30. The van der Waals surface area contributed by atoms with Gasteiger partial charge in [0.05, 0.1) is 0 Å². The highest BCUT2D eigenvalue weighted by Gasteiger charge is 2.28. The van der Waals surface area contributed by atoms with Gasteiger partial charge in [0, 0.05) is 6.04 Å². The van der Waals surface area contributed by atoms with Crippen molar-refractivity contribution < 1.29 is 4.74 Å². The van der Waals surface area contributed by atoms with Gasteiger partial charge in [-0.1, -0.05) is 39.3 Å². The molecule has 19 heavy (non-hydrogen) atoms. The second-order valence-corrected chi connectivity index (χ2v) is 6.13. The van der Waals surface area contributed by atoms with Crippen LogP contribution in [0.15, 0.2) is 24.3 Å². The molecule has 0 bridgehead atoms. The molecule has 3 atom stereocenters. The quantitative estimate of drug-likeness (QED) is 0.885. The molecule has 0 aliphatic heterocycles. The summed E-state index contributed by atoms with van der Waals surface area (Å²) >= 11 is 0. The molecule has 106 valence electrons. The Kier molecular flexibility index (Phi) is 4.87. The van der Waals surface area contributed by atoms with E-state index in [4.69, 9.17) is 10.5 Å². The molecule has 0 spiro atoms. The smallest absolute Gasteiger partial charge is 0.119 e. The number of rotatable bonds is 4. The third kappa shape index (κ3) is 3.73. The van der Waals surface area contributed by atoms with E-state index in [9.17, 15) is 0 Å². The van der Waals surface area contributed by atoms with E-state index in [1.54, 1.807) is 0 Å². The molecule has 0 heterocycles. The third-order valence-corrected chi connectivity index (χ3v) is 4.36. The molecule has 1 aromatic rings. The lowest BCUT2D eigenvalue weighted by Crippen LogP contribution is -2.43. The predicted octanol–water partition coefficient (Wildman–Crippen LogP) is 4.09. The Bertz CT molecular complexity index is 385. The summed E-state index contributed by atoms with van der Waals surface area (Å²) < 4.78 is 6.11. The van der Waals surface area contributed by atoms with E-state index in [2.05, 4.69) is 45.0 Å². The Balaban J connectivity index is 1.99. The zero-order valence-electron chi connectivity index (χ0n) is 12.4. The van der Waals surface area contributed by atoms with Crippen LogP contribution in [0.25, 0.3) is 0 Å². The van der Waals surface area contributed by atoms with Crippen LogP contribution in [0.4, 0.5) is 0 Å². The van der Waals surface area contributed by atoms with Gasteiger partial charge in [0.1, 0.15) is 11.9 Å². The van der Waals surface area contributed by atoms with Crippen molar-refractivity contribution in [2.75, 3.05) is 0 Å². The maximum absolute atomic E-state index is 6.20. The van der Waals surface area contributed by atoms with Crippen molar-refractivity contribution in [1.82, 2.24) is 0 Å². The van der Waals surface area contributed by atoms with Gasteiger partial charge in [0.2, 0.25) is 0 Å². The fourth-order valence-corrected chi connectivity index (χ4v) is 2.85. The van der Waals surface area contributed by atoms with Crippen LogP contribution >= 0.6 is 0 Å². The van der Waals surface area contributed by atoms with Crippen molar-refractivity contribution in [2.45, 2.75) is 64.5 Å². The van der Waals surface area contributed by atoms with Crippen LogP contribution in [-0.2, 0) is 0 Å². The van der Waals surface area contributed by atoms with Crippen LogP contribution in [-0.4, -0.2) is 12.1 Å². The lowest BCUT2D eigenvalue weighted by molar-refractivity contribution is 0.101. The number of nitrogens with two attached hydrogens (primary N) is 1. The van der Waals surface area contributed by atoms with Crippen LogP contribution in [0.2, 0.25) is 0 Å². The first kappa shape index (κ1) is 14.4. The zero-order chi connectivity index (χ0) is 13.8. The standard InChI is InChI=1S/C17H27NO/c1-4-13-5-10-16(18)17(11-13)19-15-8-6-14(7-9-15)12(2)3/h6-9,12-13,16-17H,4-5,10-11,18H2,1-3H3. The lowest BCUT2D eigenvalue weighted by Gasteiger charge is -2.34. The van der Waals surface area contributed by atoms with Gasteiger partial charge in [-0.05, 0) is 48.8 Å². The first-order chi connectivity index (χ1) is 9.10. The molecule has 0 aromatic heterocycles. The highest BCUT2D eigenvalue weighted by molar-refractivity contribution is 5.29. The van der Waals surface area contributed by atoms with E-state index in [0.29, 0.717) is 5.92 Å². The van der Waals surface area contributed by atoms with Gasteiger partial charge in [0.15, 0.2) is 0 Å². The third-order valence-electron chi connectivity index (χ3n) is 4.36. The van der Waals surface area contributed by atoms with Gasteiger partial charge >= 0.3 is 0 Å². The fraction of sp³-hybridized carbons (Fsp3) is 0.647. The van der Waals surface area contributed by atoms with E-state index < -0.39 is 0 Å². The maximum atomic E-state index is 6.20. The molecular formula is C17H27NO. The van der Waals surface area contributed by atoms with Crippen molar-refractivity contribution >= 4 is 0 Å². The van der Waals surface area contributed by atoms with Gasteiger partial charge in [0.25, 0.3) is 0 Å². The molecule has 1 fully saturated rings. The lowest BCUT2D eigenvalue weighted by atomic mass is 9.83. The van der Waals surface area contributed by atoms with Crippen LogP contribution in [0, 0.1) is 5.92 Å². The number of hydrogen-bond donors (Lipinski definition) is 1. The highest BCUT2D eigenvalue weighted by Crippen LogP contribution is 2.29. The normalized spacial score (nSPS) is 27.5. The van der Waals surface area contributed by atoms with E-state index in [1.165, 1.54) is 18.4 Å². The van der Waals surface area contributed by atoms with E-state index in [1.807, 2.05) is 0 Å². The highest BCUT2D eigenvalue weighted by atomic mass is 16.5. The second-order valence-electron chi connectivity index (χ2n) is 6.13. The average molecular weight is 261 g/mol. The minimum atomic E-state index is 0.184. The summed E-state index contributed by atoms with van der Waals surface area (Å²) in [6.45, 7) is 6.67. The molecule has 1 saturated carbocycles. The number of hydrogen-bond acceptors (Lipinski definition) is 2. The van der Waals surface area contributed by atoms with Crippen molar-refractivity contribution in [3.05, 3.63) is 29.8 Å². The monoisotopic (exact) mass is 261 g/mol. The van der Waals surface area contributed by atoms with Gasteiger partial charge in [-0.3, -0.25) is 0 Å². The van der Waals surface area contributed by atoms with Crippen molar-refractivity contribution in [3.8, 4) is 5.75 Å². The average Bonchev–Trinajstić information content (AvgIpc) is 2.42. The first-order valence-electron chi connectivity index (χ1n) is 7.62. The summed E-state index contributed by atoms with van der Waals surface area (Å²) in [4.78, 5) is 0. The van der Waals surface area contributed by atoms with E-state index >= 15 is 0 Å². The zero-order valence-corrected chi connectivity index (χ0v) is 12.4.